The van der Waals surface area contributed by atoms with Crippen molar-refractivity contribution in [2.45, 2.75) is 12.0 Å². The first-order chi connectivity index (χ1) is 32.2. The summed E-state index contributed by atoms with van der Waals surface area (Å²) in [7, 11) is 0. The van der Waals surface area contributed by atoms with Gasteiger partial charge in [0, 0.05) is 59.6 Å². The van der Waals surface area contributed by atoms with E-state index in [1.165, 1.54) is 25.7 Å². The SMILES string of the molecule is C1=CC2Oc3cccc(-c4nc(-c5ccccc5)nc(-c5cccc(-c6cccc7c6sc6ccc(-c8cccc(-c9nc%10ccccc%10n9-c9ccccc9)c8)cc67)c5)n4)c3C2C=C1. The molecule has 0 radical (unpaired) electrons. The summed E-state index contributed by atoms with van der Waals surface area (Å²) in [6, 6.07) is 66.0. The Labute approximate surface area is 379 Å². The van der Waals surface area contributed by atoms with E-state index in [4.69, 9.17) is 24.7 Å². The summed E-state index contributed by atoms with van der Waals surface area (Å²) in [4.78, 5) is 20.6. The van der Waals surface area contributed by atoms with E-state index < -0.39 is 0 Å². The highest BCUT2D eigenvalue weighted by molar-refractivity contribution is 7.26. The summed E-state index contributed by atoms with van der Waals surface area (Å²) < 4.78 is 11.1. The molecule has 306 valence electrons. The molecule has 0 fully saturated rings. The van der Waals surface area contributed by atoms with E-state index >= 15 is 0 Å². The van der Waals surface area contributed by atoms with Crippen molar-refractivity contribution in [1.82, 2.24) is 24.5 Å². The van der Waals surface area contributed by atoms with Crippen molar-refractivity contribution in [3.63, 3.8) is 0 Å². The Bertz CT molecular complexity index is 3720. The molecule has 1 aliphatic heterocycles. The molecule has 0 saturated heterocycles. The monoisotopic (exact) mass is 851 g/mol. The fraction of sp³-hybridized carbons (Fsp3) is 0.0345. The lowest BCUT2D eigenvalue weighted by molar-refractivity contribution is 0.269. The summed E-state index contributed by atoms with van der Waals surface area (Å²) in [6.07, 6.45) is 8.44. The number of imidazole rings is 1. The first-order valence-corrected chi connectivity index (χ1v) is 22.7. The molecule has 0 amide bonds. The lowest BCUT2D eigenvalue weighted by Crippen LogP contribution is -2.16. The zero-order valence-corrected chi connectivity index (χ0v) is 35.7. The fourth-order valence-corrected chi connectivity index (χ4v) is 10.8. The number of ether oxygens (including phenoxy) is 1. The van der Waals surface area contributed by atoms with E-state index in [2.05, 4.69) is 181 Å². The van der Waals surface area contributed by atoms with Crippen LogP contribution in [0.4, 0.5) is 0 Å². The summed E-state index contributed by atoms with van der Waals surface area (Å²) in [6.45, 7) is 0. The number of hydrogen-bond acceptors (Lipinski definition) is 6. The van der Waals surface area contributed by atoms with Gasteiger partial charge in [-0.3, -0.25) is 4.57 Å². The first-order valence-electron chi connectivity index (χ1n) is 21.9. The highest BCUT2D eigenvalue weighted by Crippen LogP contribution is 2.47. The number of benzene rings is 8. The summed E-state index contributed by atoms with van der Waals surface area (Å²) in [5.41, 5.74) is 12.7. The van der Waals surface area contributed by atoms with Gasteiger partial charge in [-0.15, -0.1) is 11.3 Å². The van der Waals surface area contributed by atoms with Crippen LogP contribution in [0.25, 0.3) is 105 Å². The van der Waals surface area contributed by atoms with E-state index in [-0.39, 0.29) is 12.0 Å². The molecule has 2 aliphatic rings. The number of fused-ring (bicyclic) bond motifs is 7. The van der Waals surface area contributed by atoms with E-state index in [0.29, 0.717) is 17.5 Å². The lowest BCUT2D eigenvalue weighted by Gasteiger charge is -2.16. The van der Waals surface area contributed by atoms with Crippen LogP contribution in [0.3, 0.4) is 0 Å². The topological polar surface area (TPSA) is 65.7 Å². The highest BCUT2D eigenvalue weighted by Gasteiger charge is 2.35. The quantitative estimate of drug-likeness (QED) is 0.160. The van der Waals surface area contributed by atoms with Crippen LogP contribution >= 0.6 is 11.3 Å². The highest BCUT2D eigenvalue weighted by atomic mass is 32.1. The molecule has 0 bridgehead atoms. The molecule has 7 heteroatoms. The molecule has 0 N–H and O–H groups in total. The van der Waals surface area contributed by atoms with Gasteiger partial charge in [-0.25, -0.2) is 19.9 Å². The van der Waals surface area contributed by atoms with E-state index in [0.717, 1.165) is 72.8 Å². The maximum absolute atomic E-state index is 6.39. The Morgan fingerprint density at radius 2 is 1.12 bits per heavy atom. The van der Waals surface area contributed by atoms with Crippen molar-refractivity contribution < 1.29 is 4.74 Å². The van der Waals surface area contributed by atoms with Crippen molar-refractivity contribution in [3.8, 4) is 79.2 Å². The molecule has 2 unspecified atom stereocenters. The molecule has 6 nitrogen and oxygen atoms in total. The zero-order valence-electron chi connectivity index (χ0n) is 34.9. The predicted molar refractivity (Wildman–Crippen MR) is 265 cm³/mol. The van der Waals surface area contributed by atoms with Crippen LogP contribution < -0.4 is 4.74 Å². The second kappa shape index (κ2) is 15.2. The summed E-state index contributed by atoms with van der Waals surface area (Å²) >= 11 is 1.83. The Hall–Kier alpha value is -8.26. The zero-order chi connectivity index (χ0) is 42.8. The van der Waals surface area contributed by atoms with E-state index in [1.807, 2.05) is 47.7 Å². The average molecular weight is 852 g/mol. The number of hydrogen-bond donors (Lipinski definition) is 0. The number of allylic oxidation sites excluding steroid dienone is 2. The number of aromatic nitrogens is 5. The van der Waals surface area contributed by atoms with Gasteiger partial charge in [0.1, 0.15) is 17.7 Å². The predicted octanol–water partition coefficient (Wildman–Crippen LogP) is 14.6. The van der Waals surface area contributed by atoms with Crippen molar-refractivity contribution in [2.75, 3.05) is 0 Å². The van der Waals surface area contributed by atoms with Gasteiger partial charge in [0.15, 0.2) is 17.5 Å². The minimum Gasteiger partial charge on any atom is -0.485 e. The van der Waals surface area contributed by atoms with Gasteiger partial charge in [-0.1, -0.05) is 152 Å². The molecule has 1 aliphatic carbocycles. The Balaban J connectivity index is 0.890. The maximum atomic E-state index is 6.39. The molecular formula is C58H37N5OS. The van der Waals surface area contributed by atoms with Crippen LogP contribution in [-0.4, -0.2) is 30.6 Å². The first kappa shape index (κ1) is 37.3. The molecule has 13 rings (SSSR count). The molecule has 0 saturated carbocycles. The molecule has 65 heavy (non-hydrogen) atoms. The summed E-state index contributed by atoms with van der Waals surface area (Å²) in [5.74, 6) is 3.77. The normalized spacial score (nSPS) is 15.1. The number of rotatable bonds is 7. The minimum atomic E-state index is -0.0418. The third-order valence-corrected chi connectivity index (χ3v) is 13.8. The second-order valence-corrected chi connectivity index (χ2v) is 17.6. The number of thiophene rings is 1. The Morgan fingerprint density at radius 3 is 2.02 bits per heavy atom. The van der Waals surface area contributed by atoms with Gasteiger partial charge in [0.25, 0.3) is 0 Å². The van der Waals surface area contributed by atoms with Crippen LogP contribution in [-0.2, 0) is 0 Å². The van der Waals surface area contributed by atoms with Gasteiger partial charge < -0.3 is 4.74 Å². The van der Waals surface area contributed by atoms with E-state index in [9.17, 15) is 0 Å². The largest absolute Gasteiger partial charge is 0.485 e. The number of para-hydroxylation sites is 3. The third-order valence-electron chi connectivity index (χ3n) is 12.6. The van der Waals surface area contributed by atoms with Crippen LogP contribution in [0.5, 0.6) is 5.75 Å². The van der Waals surface area contributed by atoms with Crippen LogP contribution in [0.2, 0.25) is 0 Å². The molecule has 0 spiro atoms. The van der Waals surface area contributed by atoms with Gasteiger partial charge in [-0.2, -0.15) is 0 Å². The molecule has 3 aromatic heterocycles. The van der Waals surface area contributed by atoms with Crippen molar-refractivity contribution in [3.05, 3.63) is 218 Å². The van der Waals surface area contributed by atoms with Crippen LogP contribution in [0.15, 0.2) is 212 Å². The van der Waals surface area contributed by atoms with Gasteiger partial charge in [0.2, 0.25) is 0 Å². The molecular weight excluding hydrogens is 815 g/mol. The fourth-order valence-electron chi connectivity index (χ4n) is 9.56. The van der Waals surface area contributed by atoms with Gasteiger partial charge >= 0.3 is 0 Å². The van der Waals surface area contributed by atoms with Gasteiger partial charge in [-0.05, 0) is 82.9 Å². The Morgan fingerprint density at radius 1 is 0.462 bits per heavy atom. The molecule has 8 aromatic carbocycles. The van der Waals surface area contributed by atoms with E-state index in [1.54, 1.807) is 0 Å². The van der Waals surface area contributed by atoms with Crippen molar-refractivity contribution in [2.24, 2.45) is 0 Å². The van der Waals surface area contributed by atoms with Crippen molar-refractivity contribution in [1.29, 1.82) is 0 Å². The Kier molecular flexibility index (Phi) is 8.74. The standard InChI is InChI=1S/C58H37N5OS/c1-3-15-36(16-4-1)55-60-56(62-57(61-55)46-26-14-30-51-53(46)45-23-7-10-29-50(45)64-51)40-19-12-18-39(34-40)43-24-13-25-44-47-35-38(31-32-52(47)65-54(43)44)37-17-11-20-41(33-37)58-59-48-27-8-9-28-49(48)63(58)42-21-5-2-6-22-42/h1-35,45,50H. The molecule has 2 atom stereocenters. The average Bonchev–Trinajstić information content (AvgIpc) is 4.08. The molecule has 4 heterocycles. The second-order valence-electron chi connectivity index (χ2n) is 16.5. The minimum absolute atomic E-state index is 0.0418. The smallest absolute Gasteiger partial charge is 0.164 e. The van der Waals surface area contributed by atoms with Crippen molar-refractivity contribution >= 4 is 42.5 Å². The van der Waals surface area contributed by atoms with Crippen LogP contribution in [0, 0.1) is 0 Å². The third kappa shape index (κ3) is 6.39. The van der Waals surface area contributed by atoms with Crippen LogP contribution in [0.1, 0.15) is 11.5 Å². The number of nitrogens with zero attached hydrogens (tertiary/aromatic N) is 5. The lowest BCUT2D eigenvalue weighted by atomic mass is 9.88. The molecule has 11 aromatic rings. The maximum Gasteiger partial charge on any atom is 0.164 e. The van der Waals surface area contributed by atoms with Gasteiger partial charge in [0.05, 0.1) is 11.0 Å². The summed E-state index contributed by atoms with van der Waals surface area (Å²) in [5, 5.41) is 2.47.